The van der Waals surface area contributed by atoms with Crippen molar-refractivity contribution in [2.75, 3.05) is 13.6 Å². The number of amides is 2. The molecule has 0 fully saturated rings. The number of nitrogens with one attached hydrogen (secondary N) is 1. The zero-order valence-corrected chi connectivity index (χ0v) is 15.9. The third kappa shape index (κ3) is 4.98. The van der Waals surface area contributed by atoms with Gasteiger partial charge in [0.2, 0.25) is 5.91 Å². The van der Waals surface area contributed by atoms with Gasteiger partial charge >= 0.3 is 0 Å². The highest BCUT2D eigenvalue weighted by Crippen LogP contribution is 2.24. The first kappa shape index (κ1) is 19.6. The second-order valence-corrected chi connectivity index (χ2v) is 6.65. The Morgan fingerprint density at radius 3 is 2.39 bits per heavy atom. The van der Waals surface area contributed by atoms with Crippen LogP contribution in [-0.2, 0) is 11.3 Å². The molecule has 0 aliphatic rings. The van der Waals surface area contributed by atoms with Gasteiger partial charge in [0.15, 0.2) is 0 Å². The van der Waals surface area contributed by atoms with Gasteiger partial charge in [0, 0.05) is 23.2 Å². The Hall–Kier alpha value is -3.12. The lowest BCUT2D eigenvalue weighted by atomic mass is 10.2. The number of nitrogens with zero attached hydrogens (tertiary/aromatic N) is 1. The maximum atomic E-state index is 12.9. The summed E-state index contributed by atoms with van der Waals surface area (Å²) in [6.07, 6.45) is 0. The maximum Gasteiger partial charge on any atom is 0.251 e. The molecule has 5 nitrogen and oxygen atoms in total. The lowest BCUT2D eigenvalue weighted by Gasteiger charge is -2.16. The zero-order chi connectivity index (χ0) is 20.1. The molecule has 0 unspecified atom stereocenters. The number of furan rings is 1. The van der Waals surface area contributed by atoms with Crippen LogP contribution < -0.4 is 5.32 Å². The van der Waals surface area contributed by atoms with Crippen LogP contribution in [0.5, 0.6) is 0 Å². The Kier molecular flexibility index (Phi) is 6.11. The summed E-state index contributed by atoms with van der Waals surface area (Å²) in [6, 6.07) is 16.0. The Balaban J connectivity index is 1.53. The molecule has 0 spiro atoms. The largest absolute Gasteiger partial charge is 0.459 e. The van der Waals surface area contributed by atoms with Gasteiger partial charge in [0.05, 0.1) is 13.1 Å². The molecular weight excluding hydrogens is 383 g/mol. The summed E-state index contributed by atoms with van der Waals surface area (Å²) >= 11 is 5.88. The summed E-state index contributed by atoms with van der Waals surface area (Å²) in [5.74, 6) is 0.149. The molecule has 3 rings (SSSR count). The van der Waals surface area contributed by atoms with Crippen molar-refractivity contribution in [2.45, 2.75) is 6.54 Å². The van der Waals surface area contributed by atoms with E-state index in [0.717, 1.165) is 5.56 Å². The van der Waals surface area contributed by atoms with Gasteiger partial charge in [-0.1, -0.05) is 11.6 Å². The summed E-state index contributed by atoms with van der Waals surface area (Å²) in [7, 11) is 1.62. The Morgan fingerprint density at radius 2 is 1.71 bits per heavy atom. The number of likely N-dealkylation sites (N-methyl/N-ethyl adjacent to an activating group) is 1. The number of benzene rings is 2. The van der Waals surface area contributed by atoms with Crippen LogP contribution in [-0.4, -0.2) is 30.3 Å². The van der Waals surface area contributed by atoms with Crippen LogP contribution in [0.25, 0.3) is 11.3 Å². The molecule has 0 aliphatic heterocycles. The second kappa shape index (κ2) is 8.71. The molecule has 2 aromatic carbocycles. The van der Waals surface area contributed by atoms with Crippen molar-refractivity contribution in [1.82, 2.24) is 10.2 Å². The van der Waals surface area contributed by atoms with Gasteiger partial charge in [-0.15, -0.1) is 0 Å². The molecule has 0 atom stereocenters. The third-order valence-corrected chi connectivity index (χ3v) is 4.37. The summed E-state index contributed by atoms with van der Waals surface area (Å²) in [5.41, 5.74) is 1.17. The molecular formula is C21H18ClFN2O3. The molecule has 3 aromatic rings. The van der Waals surface area contributed by atoms with Crippen LogP contribution in [0.1, 0.15) is 16.1 Å². The SMILES string of the molecule is CN(Cc1ccc(-c2ccc(Cl)cc2)o1)C(=O)CNC(=O)c1ccc(F)cc1. The highest BCUT2D eigenvalue weighted by atomic mass is 35.5. The third-order valence-electron chi connectivity index (χ3n) is 4.12. The van der Waals surface area contributed by atoms with Crippen LogP contribution in [0.15, 0.2) is 65.1 Å². The van der Waals surface area contributed by atoms with Crippen molar-refractivity contribution in [2.24, 2.45) is 0 Å². The smallest absolute Gasteiger partial charge is 0.251 e. The first-order valence-corrected chi connectivity index (χ1v) is 8.92. The van der Waals surface area contributed by atoms with E-state index >= 15 is 0 Å². The Labute approximate surface area is 166 Å². The van der Waals surface area contributed by atoms with Gasteiger partial charge in [-0.3, -0.25) is 9.59 Å². The van der Waals surface area contributed by atoms with Gasteiger partial charge in [0.25, 0.3) is 5.91 Å². The fourth-order valence-corrected chi connectivity index (χ4v) is 2.67. The molecule has 0 saturated heterocycles. The molecule has 1 heterocycles. The van der Waals surface area contributed by atoms with Gasteiger partial charge in [0.1, 0.15) is 17.3 Å². The molecule has 1 aromatic heterocycles. The van der Waals surface area contributed by atoms with E-state index in [1.54, 1.807) is 25.2 Å². The second-order valence-electron chi connectivity index (χ2n) is 6.21. The molecule has 0 saturated carbocycles. The van der Waals surface area contributed by atoms with Crippen LogP contribution in [0.3, 0.4) is 0 Å². The number of hydrogen-bond acceptors (Lipinski definition) is 3. The fraction of sp³-hybridized carbons (Fsp3) is 0.143. The number of rotatable bonds is 6. The predicted molar refractivity (Wildman–Crippen MR) is 104 cm³/mol. The quantitative estimate of drug-likeness (QED) is 0.676. The molecule has 2 amide bonds. The van der Waals surface area contributed by atoms with Crippen LogP contribution in [0.4, 0.5) is 4.39 Å². The summed E-state index contributed by atoms with van der Waals surface area (Å²) in [5, 5.41) is 3.17. The fourth-order valence-electron chi connectivity index (χ4n) is 2.55. The van der Waals surface area contributed by atoms with Crippen molar-refractivity contribution in [3.63, 3.8) is 0 Å². The van der Waals surface area contributed by atoms with E-state index in [4.69, 9.17) is 16.0 Å². The van der Waals surface area contributed by atoms with E-state index in [9.17, 15) is 14.0 Å². The Morgan fingerprint density at radius 1 is 1.04 bits per heavy atom. The van der Waals surface area contributed by atoms with E-state index in [2.05, 4.69) is 5.32 Å². The number of carbonyl (C=O) groups is 2. The lowest BCUT2D eigenvalue weighted by molar-refractivity contribution is -0.129. The van der Waals surface area contributed by atoms with Gasteiger partial charge in [-0.25, -0.2) is 4.39 Å². The van der Waals surface area contributed by atoms with Crippen molar-refractivity contribution < 1.29 is 18.4 Å². The van der Waals surface area contributed by atoms with Gasteiger partial charge in [-0.2, -0.15) is 0 Å². The highest BCUT2D eigenvalue weighted by Gasteiger charge is 2.14. The normalized spacial score (nSPS) is 10.5. The number of halogens is 2. The molecule has 0 aliphatic carbocycles. The van der Waals surface area contributed by atoms with Crippen LogP contribution >= 0.6 is 11.6 Å². The zero-order valence-electron chi connectivity index (χ0n) is 15.1. The van der Waals surface area contributed by atoms with Crippen LogP contribution in [0, 0.1) is 5.82 Å². The molecule has 1 N–H and O–H groups in total. The highest BCUT2D eigenvalue weighted by molar-refractivity contribution is 6.30. The van der Waals surface area contributed by atoms with Gasteiger partial charge < -0.3 is 14.6 Å². The number of hydrogen-bond donors (Lipinski definition) is 1. The molecule has 0 radical (unpaired) electrons. The average Bonchev–Trinajstić information content (AvgIpc) is 3.15. The Bertz CT molecular complexity index is 968. The molecule has 7 heteroatoms. The maximum absolute atomic E-state index is 12.9. The number of carbonyl (C=O) groups excluding carboxylic acids is 2. The van der Waals surface area contributed by atoms with Crippen LogP contribution in [0.2, 0.25) is 5.02 Å². The summed E-state index contributed by atoms with van der Waals surface area (Å²) in [6.45, 7) is 0.0936. The minimum absolute atomic E-state index is 0.169. The minimum Gasteiger partial charge on any atom is -0.459 e. The van der Waals surface area contributed by atoms with Crippen molar-refractivity contribution in [3.8, 4) is 11.3 Å². The van der Waals surface area contributed by atoms with Crippen molar-refractivity contribution >= 4 is 23.4 Å². The first-order chi connectivity index (χ1) is 13.4. The summed E-state index contributed by atoms with van der Waals surface area (Å²) in [4.78, 5) is 25.7. The molecule has 0 bridgehead atoms. The predicted octanol–water partition coefficient (Wildman–Crippen LogP) is 4.13. The van der Waals surface area contributed by atoms with E-state index in [-0.39, 0.29) is 24.6 Å². The van der Waals surface area contributed by atoms with E-state index in [1.807, 2.05) is 18.2 Å². The van der Waals surface area contributed by atoms with E-state index in [1.165, 1.54) is 29.2 Å². The van der Waals surface area contributed by atoms with Gasteiger partial charge in [-0.05, 0) is 60.7 Å². The summed E-state index contributed by atoms with van der Waals surface area (Å²) < 4.78 is 18.7. The standard InChI is InChI=1S/C21H18ClFN2O3/c1-25(20(26)12-24-21(27)15-4-8-17(23)9-5-15)13-18-10-11-19(28-18)14-2-6-16(22)7-3-14/h2-11H,12-13H2,1H3,(H,24,27). The van der Waals surface area contributed by atoms with Crippen molar-refractivity contribution in [1.29, 1.82) is 0 Å². The monoisotopic (exact) mass is 400 g/mol. The topological polar surface area (TPSA) is 62.6 Å². The van der Waals surface area contributed by atoms with E-state index in [0.29, 0.717) is 16.5 Å². The van der Waals surface area contributed by atoms with E-state index < -0.39 is 11.7 Å². The average molecular weight is 401 g/mol. The minimum atomic E-state index is -0.440. The molecule has 28 heavy (non-hydrogen) atoms. The molecule has 144 valence electrons. The lowest BCUT2D eigenvalue weighted by Crippen LogP contribution is -2.37. The first-order valence-electron chi connectivity index (χ1n) is 8.55. The van der Waals surface area contributed by atoms with Crippen molar-refractivity contribution in [3.05, 3.63) is 82.8 Å².